The van der Waals surface area contributed by atoms with Gasteiger partial charge in [0.15, 0.2) is 23.2 Å². The van der Waals surface area contributed by atoms with Crippen LogP contribution in [0.2, 0.25) is 0 Å². The molecule has 0 radical (unpaired) electrons. The molecule has 26 heavy (non-hydrogen) atoms. The summed E-state index contributed by atoms with van der Waals surface area (Å²) in [6.45, 7) is 8.21. The van der Waals surface area contributed by atoms with Crippen molar-refractivity contribution in [1.82, 2.24) is 19.5 Å². The molecule has 4 N–H and O–H groups in total. The number of imidazole rings is 1. The fourth-order valence-corrected chi connectivity index (χ4v) is 3.51. The molecule has 0 amide bonds. The van der Waals surface area contributed by atoms with Crippen molar-refractivity contribution in [2.45, 2.75) is 58.3 Å². The number of aliphatic hydroxyl groups is 3. The summed E-state index contributed by atoms with van der Waals surface area (Å²) < 4.78 is 7.14. The highest BCUT2D eigenvalue weighted by molar-refractivity contribution is 5.82. The number of fused-ring (bicyclic) bond motifs is 1. The minimum absolute atomic E-state index is 0.215. The molecular weight excluding hydrogens is 338 g/mol. The van der Waals surface area contributed by atoms with Crippen LogP contribution < -0.4 is 5.32 Å². The molecule has 1 aliphatic rings. The highest BCUT2D eigenvalue weighted by Crippen LogP contribution is 2.32. The van der Waals surface area contributed by atoms with Gasteiger partial charge in [0.2, 0.25) is 0 Å². The molecule has 1 aliphatic heterocycles. The van der Waals surface area contributed by atoms with Crippen molar-refractivity contribution in [2.75, 3.05) is 11.9 Å². The Morgan fingerprint density at radius 1 is 1.12 bits per heavy atom. The molecule has 4 unspecified atom stereocenters. The largest absolute Gasteiger partial charge is 0.394 e. The Balaban J connectivity index is 1.94. The van der Waals surface area contributed by atoms with E-state index in [1.54, 1.807) is 4.57 Å². The van der Waals surface area contributed by atoms with E-state index in [9.17, 15) is 15.3 Å². The van der Waals surface area contributed by atoms with Crippen molar-refractivity contribution < 1.29 is 20.1 Å². The highest BCUT2D eigenvalue weighted by atomic mass is 16.6. The van der Waals surface area contributed by atoms with Crippen molar-refractivity contribution >= 4 is 17.0 Å². The maximum atomic E-state index is 10.3. The first-order chi connectivity index (χ1) is 12.3. The fraction of sp³-hybridized carbons (Fsp3) is 0.706. The van der Waals surface area contributed by atoms with Gasteiger partial charge in [0.25, 0.3) is 0 Å². The fourth-order valence-electron chi connectivity index (χ4n) is 3.51. The maximum absolute atomic E-state index is 10.3. The van der Waals surface area contributed by atoms with Crippen LogP contribution in [-0.4, -0.2) is 65.8 Å². The smallest absolute Gasteiger partial charge is 0.167 e. The summed E-state index contributed by atoms with van der Waals surface area (Å²) in [5.74, 6) is 1.43. The molecule has 0 saturated carbocycles. The van der Waals surface area contributed by atoms with Gasteiger partial charge in [-0.3, -0.25) is 4.57 Å². The molecule has 3 heterocycles. The molecule has 9 nitrogen and oxygen atoms in total. The lowest BCUT2D eigenvalue weighted by Gasteiger charge is -2.26. The van der Waals surface area contributed by atoms with E-state index in [4.69, 9.17) is 4.74 Å². The Labute approximate surface area is 152 Å². The van der Waals surface area contributed by atoms with Gasteiger partial charge in [-0.15, -0.1) is 0 Å². The monoisotopic (exact) mass is 365 g/mol. The molecule has 2 aromatic rings. The van der Waals surface area contributed by atoms with Crippen molar-refractivity contribution in [2.24, 2.45) is 11.8 Å². The zero-order chi connectivity index (χ0) is 19.0. The van der Waals surface area contributed by atoms with E-state index in [1.807, 2.05) is 0 Å². The second kappa shape index (κ2) is 7.43. The molecule has 0 aliphatic carbocycles. The molecule has 4 atom stereocenters. The molecule has 0 aromatic carbocycles. The van der Waals surface area contributed by atoms with Gasteiger partial charge in [-0.25, -0.2) is 15.0 Å². The number of aromatic nitrogens is 4. The topological polar surface area (TPSA) is 126 Å². The van der Waals surface area contributed by atoms with Crippen LogP contribution in [0.25, 0.3) is 11.2 Å². The second-order valence-corrected chi connectivity index (χ2v) is 7.43. The third-order valence-corrected chi connectivity index (χ3v) is 4.89. The van der Waals surface area contributed by atoms with Crippen LogP contribution in [0.1, 0.15) is 33.9 Å². The van der Waals surface area contributed by atoms with Crippen molar-refractivity contribution in [1.29, 1.82) is 0 Å². The third kappa shape index (κ3) is 3.27. The van der Waals surface area contributed by atoms with Gasteiger partial charge in [0.05, 0.1) is 12.9 Å². The Morgan fingerprint density at radius 3 is 2.38 bits per heavy atom. The minimum Gasteiger partial charge on any atom is -0.394 e. The summed E-state index contributed by atoms with van der Waals surface area (Å²) in [6, 6.07) is 0.215. The van der Waals surface area contributed by atoms with E-state index in [0.29, 0.717) is 28.8 Å². The van der Waals surface area contributed by atoms with E-state index in [2.05, 4.69) is 48.0 Å². The van der Waals surface area contributed by atoms with Crippen LogP contribution in [0.3, 0.4) is 0 Å². The average molecular weight is 365 g/mol. The molecule has 0 bridgehead atoms. The van der Waals surface area contributed by atoms with E-state index < -0.39 is 24.5 Å². The number of hydrogen-bond acceptors (Lipinski definition) is 8. The van der Waals surface area contributed by atoms with Crippen LogP contribution in [-0.2, 0) is 4.74 Å². The minimum atomic E-state index is -1.19. The number of rotatable bonds is 6. The number of ether oxygens (including phenoxy) is 1. The number of nitrogens with one attached hydrogen (secondary N) is 1. The summed E-state index contributed by atoms with van der Waals surface area (Å²) in [5, 5.41) is 33.0. The van der Waals surface area contributed by atoms with E-state index >= 15 is 0 Å². The van der Waals surface area contributed by atoms with Gasteiger partial charge >= 0.3 is 0 Å². The van der Waals surface area contributed by atoms with E-state index in [0.717, 1.165) is 0 Å². The summed E-state index contributed by atoms with van der Waals surface area (Å²) in [4.78, 5) is 13.0. The van der Waals surface area contributed by atoms with Crippen molar-refractivity contribution in [3.8, 4) is 0 Å². The predicted molar refractivity (Wildman–Crippen MR) is 95.4 cm³/mol. The molecule has 0 spiro atoms. The van der Waals surface area contributed by atoms with Gasteiger partial charge in [0.1, 0.15) is 24.6 Å². The molecule has 3 rings (SSSR count). The molecule has 1 fully saturated rings. The first-order valence-electron chi connectivity index (χ1n) is 8.91. The first-order valence-corrected chi connectivity index (χ1v) is 8.91. The second-order valence-electron chi connectivity index (χ2n) is 7.43. The van der Waals surface area contributed by atoms with Crippen molar-refractivity contribution in [3.63, 3.8) is 0 Å². The van der Waals surface area contributed by atoms with E-state index in [1.165, 1.54) is 12.7 Å². The summed E-state index contributed by atoms with van der Waals surface area (Å²) in [6.07, 6.45) is -1.14. The van der Waals surface area contributed by atoms with E-state index in [-0.39, 0.29) is 12.6 Å². The number of anilines is 1. The SMILES string of the molecule is CC(C)C(Nc1ncnc2c1ncn2C1OC(CO)C(O)C1O)C(C)C. The van der Waals surface area contributed by atoms with Crippen LogP contribution in [0.5, 0.6) is 0 Å². The van der Waals surface area contributed by atoms with Crippen LogP contribution in [0, 0.1) is 11.8 Å². The Bertz CT molecular complexity index is 742. The van der Waals surface area contributed by atoms with Gasteiger partial charge < -0.3 is 25.4 Å². The standard InChI is InChI=1S/C17H27N5O4/c1-8(2)11(9(3)4)21-15-12-16(19-6-18-15)22(7-20-12)17-14(25)13(24)10(5-23)26-17/h6-11,13-14,17,23-25H,5H2,1-4H3,(H,18,19,21). The zero-order valence-corrected chi connectivity index (χ0v) is 15.4. The van der Waals surface area contributed by atoms with Gasteiger partial charge in [-0.05, 0) is 11.8 Å². The van der Waals surface area contributed by atoms with Gasteiger partial charge in [-0.2, -0.15) is 0 Å². The normalized spacial score (nSPS) is 26.5. The van der Waals surface area contributed by atoms with Crippen molar-refractivity contribution in [3.05, 3.63) is 12.7 Å². The third-order valence-electron chi connectivity index (χ3n) is 4.89. The zero-order valence-electron chi connectivity index (χ0n) is 15.4. The summed E-state index contributed by atoms with van der Waals surface area (Å²) >= 11 is 0. The van der Waals surface area contributed by atoms with Gasteiger partial charge in [-0.1, -0.05) is 27.7 Å². The van der Waals surface area contributed by atoms with Gasteiger partial charge in [0, 0.05) is 6.04 Å². The molecular formula is C17H27N5O4. The Morgan fingerprint density at radius 2 is 1.81 bits per heavy atom. The summed E-state index contributed by atoms with van der Waals surface area (Å²) in [5.41, 5.74) is 1.06. The molecule has 2 aromatic heterocycles. The lowest BCUT2D eigenvalue weighted by Crippen LogP contribution is -2.33. The average Bonchev–Trinajstić information content (AvgIpc) is 3.14. The molecule has 9 heteroatoms. The quantitative estimate of drug-likeness (QED) is 0.584. The molecule has 144 valence electrons. The maximum Gasteiger partial charge on any atom is 0.167 e. The number of aliphatic hydroxyl groups excluding tert-OH is 3. The lowest BCUT2D eigenvalue weighted by molar-refractivity contribution is -0.0511. The number of nitrogens with zero attached hydrogens (tertiary/aromatic N) is 4. The summed E-state index contributed by atoms with van der Waals surface area (Å²) in [7, 11) is 0. The lowest BCUT2D eigenvalue weighted by atomic mass is 9.93. The van der Waals surface area contributed by atoms with Crippen LogP contribution in [0.15, 0.2) is 12.7 Å². The highest BCUT2D eigenvalue weighted by Gasteiger charge is 2.44. The van der Waals surface area contributed by atoms with Crippen LogP contribution >= 0.6 is 0 Å². The van der Waals surface area contributed by atoms with Crippen LogP contribution in [0.4, 0.5) is 5.82 Å². The molecule has 1 saturated heterocycles. The Hall–Kier alpha value is -1.81. The first kappa shape index (κ1) is 19.0. The Kier molecular flexibility index (Phi) is 5.42. The predicted octanol–water partition coefficient (Wildman–Crippen LogP) is 0.530. The number of hydrogen-bond donors (Lipinski definition) is 4.